The van der Waals surface area contributed by atoms with E-state index in [-0.39, 0.29) is 22.9 Å². The van der Waals surface area contributed by atoms with E-state index in [4.69, 9.17) is 9.47 Å². The molecule has 1 N–H and O–H groups in total. The highest BCUT2D eigenvalue weighted by atomic mass is 19.4. The van der Waals surface area contributed by atoms with Crippen LogP contribution >= 0.6 is 0 Å². The van der Waals surface area contributed by atoms with E-state index in [9.17, 15) is 28.0 Å². The molecule has 1 aliphatic rings. The molecule has 0 fully saturated rings. The monoisotopic (exact) mass is 571 g/mol. The van der Waals surface area contributed by atoms with Crippen molar-refractivity contribution in [3.05, 3.63) is 86.5 Å². The number of aromatic amines is 1. The zero-order valence-corrected chi connectivity index (χ0v) is 23.2. The largest absolute Gasteiger partial charge is 0.466 e. The van der Waals surface area contributed by atoms with Gasteiger partial charge in [-0.15, -0.1) is 5.10 Å². The van der Waals surface area contributed by atoms with Gasteiger partial charge in [0.15, 0.2) is 0 Å². The van der Waals surface area contributed by atoms with Crippen LogP contribution in [-0.4, -0.2) is 66.7 Å². The fourth-order valence-corrected chi connectivity index (χ4v) is 5.04. The number of nitriles is 1. The lowest BCUT2D eigenvalue weighted by atomic mass is 9.89. The number of halogens is 3. The van der Waals surface area contributed by atoms with Crippen molar-refractivity contribution in [1.82, 2.24) is 14.8 Å². The van der Waals surface area contributed by atoms with Crippen LogP contribution < -0.4 is 10.6 Å². The Morgan fingerprint density at radius 3 is 2.56 bits per heavy atom. The number of rotatable bonds is 8. The number of anilines is 2. The number of ether oxygens (including phenoxy) is 2. The van der Waals surface area contributed by atoms with E-state index in [2.05, 4.69) is 16.3 Å². The van der Waals surface area contributed by atoms with Gasteiger partial charge in [0.05, 0.1) is 50.6 Å². The SMILES string of the molecule is COCC[N+](C)(C)Cc1cc(C#N)ccc1C1C(C(=O)OC)=C(C)N(c2cccc(C(F)(F)F)c2)c2n[nH]c(=O)n21. The lowest BCUT2D eigenvalue weighted by Gasteiger charge is -2.37. The second kappa shape index (κ2) is 11.2. The molecule has 1 aliphatic heterocycles. The fourth-order valence-electron chi connectivity index (χ4n) is 5.04. The van der Waals surface area contributed by atoms with Crippen LogP contribution in [0, 0.1) is 11.3 Å². The number of nitrogens with one attached hydrogen (secondary N) is 1. The second-order valence-corrected chi connectivity index (χ2v) is 10.3. The zero-order chi connectivity index (χ0) is 30.1. The topological polar surface area (TPSA) is 113 Å². The van der Waals surface area contributed by atoms with Gasteiger partial charge in [0, 0.05) is 24.1 Å². The molecular formula is C28H30F3N6O4+. The van der Waals surface area contributed by atoms with Gasteiger partial charge >= 0.3 is 17.8 Å². The van der Waals surface area contributed by atoms with E-state index in [1.807, 2.05) is 14.1 Å². The van der Waals surface area contributed by atoms with E-state index >= 15 is 0 Å². The maximum Gasteiger partial charge on any atom is 0.416 e. The second-order valence-electron chi connectivity index (χ2n) is 10.3. The molecule has 0 spiro atoms. The predicted molar refractivity (Wildman–Crippen MR) is 143 cm³/mol. The molecule has 2 aromatic carbocycles. The molecule has 216 valence electrons. The van der Waals surface area contributed by atoms with Crippen molar-refractivity contribution in [3.63, 3.8) is 0 Å². The fraction of sp³-hybridized carbons (Fsp3) is 0.357. The third kappa shape index (κ3) is 5.75. The molecule has 0 aliphatic carbocycles. The predicted octanol–water partition coefficient (Wildman–Crippen LogP) is 3.87. The van der Waals surface area contributed by atoms with Crippen molar-refractivity contribution in [3.8, 4) is 6.07 Å². The highest BCUT2D eigenvalue weighted by Crippen LogP contribution is 2.43. The number of allylic oxidation sites excluding steroid dienone is 1. The summed E-state index contributed by atoms with van der Waals surface area (Å²) in [5.41, 5.74) is 0.354. The maximum absolute atomic E-state index is 13.6. The number of nitrogens with zero attached hydrogens (tertiary/aromatic N) is 5. The summed E-state index contributed by atoms with van der Waals surface area (Å²) in [5, 5.41) is 16.1. The van der Waals surface area contributed by atoms with E-state index in [1.165, 1.54) is 28.7 Å². The van der Waals surface area contributed by atoms with Gasteiger partial charge in [0.25, 0.3) is 0 Å². The van der Waals surface area contributed by atoms with Crippen LogP contribution in [0.15, 0.2) is 58.5 Å². The first-order valence-electron chi connectivity index (χ1n) is 12.6. The quantitative estimate of drug-likeness (QED) is 0.323. The number of benzene rings is 2. The Balaban J connectivity index is 1.99. The molecule has 0 bridgehead atoms. The number of carbonyl (C=O) groups excluding carboxylic acids is 1. The lowest BCUT2D eigenvalue weighted by molar-refractivity contribution is -0.904. The average molecular weight is 572 g/mol. The van der Waals surface area contributed by atoms with Crippen LogP contribution in [0.4, 0.5) is 24.8 Å². The van der Waals surface area contributed by atoms with Crippen molar-refractivity contribution in [1.29, 1.82) is 5.26 Å². The maximum atomic E-state index is 13.6. The molecule has 0 saturated heterocycles. The van der Waals surface area contributed by atoms with Gasteiger partial charge in [0.2, 0.25) is 5.95 Å². The number of hydrogen-bond acceptors (Lipinski definition) is 7. The number of hydrogen-bond donors (Lipinski definition) is 1. The number of methoxy groups -OCH3 is 2. The Hall–Kier alpha value is -4.41. The minimum absolute atomic E-state index is 0.00656. The first-order valence-corrected chi connectivity index (χ1v) is 12.6. The highest BCUT2D eigenvalue weighted by Gasteiger charge is 2.41. The number of esters is 1. The number of alkyl halides is 3. The lowest BCUT2D eigenvalue weighted by Crippen LogP contribution is -2.42. The molecule has 2 heterocycles. The summed E-state index contributed by atoms with van der Waals surface area (Å²) >= 11 is 0. The Labute approximate surface area is 234 Å². The summed E-state index contributed by atoms with van der Waals surface area (Å²) in [5.74, 6) is -0.778. The standard InChI is InChI=1S/C28H29F3N6O4/c1-17-23(25(38)41-5)24(22-10-9-18(15-32)13-19(22)16-37(2,3)11-12-40-4)36-26(33-34-27(36)39)35(17)21-8-6-7-20(14-21)28(29,30)31/h6-10,13-14,24H,11-12,16H2,1-5H3/p+1. The van der Waals surface area contributed by atoms with Gasteiger partial charge in [-0.2, -0.15) is 18.4 Å². The molecule has 10 nitrogen and oxygen atoms in total. The van der Waals surface area contributed by atoms with Gasteiger partial charge in [-0.3, -0.25) is 4.90 Å². The first kappa shape index (κ1) is 29.6. The Bertz CT molecular complexity index is 1600. The number of H-pyrrole nitrogens is 1. The van der Waals surface area contributed by atoms with Crippen molar-refractivity contribution >= 4 is 17.6 Å². The van der Waals surface area contributed by atoms with Crippen LogP contribution in [0.3, 0.4) is 0 Å². The van der Waals surface area contributed by atoms with Gasteiger partial charge in [-0.25, -0.2) is 19.3 Å². The highest BCUT2D eigenvalue weighted by molar-refractivity contribution is 5.93. The number of carbonyl (C=O) groups is 1. The van der Waals surface area contributed by atoms with Crippen molar-refractivity contribution in [2.24, 2.45) is 0 Å². The minimum atomic E-state index is -4.62. The molecular weight excluding hydrogens is 541 g/mol. The summed E-state index contributed by atoms with van der Waals surface area (Å²) in [6.45, 7) is 3.09. The smallest absolute Gasteiger partial charge is 0.416 e. The average Bonchev–Trinajstić information content (AvgIpc) is 3.30. The van der Waals surface area contributed by atoms with E-state index < -0.39 is 29.4 Å². The summed E-state index contributed by atoms with van der Waals surface area (Å²) < 4.78 is 52.8. The van der Waals surface area contributed by atoms with Crippen LogP contribution in [0.1, 0.15) is 35.2 Å². The molecule has 3 aromatic rings. The molecule has 1 unspecified atom stereocenters. The summed E-state index contributed by atoms with van der Waals surface area (Å²) in [6, 6.07) is 10.6. The van der Waals surface area contributed by atoms with Crippen LogP contribution in [0.2, 0.25) is 0 Å². The molecule has 0 radical (unpaired) electrons. The Morgan fingerprint density at radius 2 is 1.93 bits per heavy atom. The van der Waals surface area contributed by atoms with Gasteiger partial charge in [0.1, 0.15) is 19.1 Å². The van der Waals surface area contributed by atoms with Gasteiger partial charge in [-0.1, -0.05) is 12.1 Å². The molecule has 0 saturated carbocycles. The first-order chi connectivity index (χ1) is 19.3. The van der Waals surface area contributed by atoms with Crippen LogP contribution in [-0.2, 0) is 27.0 Å². The van der Waals surface area contributed by atoms with Gasteiger partial charge in [-0.05, 0) is 42.8 Å². The minimum Gasteiger partial charge on any atom is -0.466 e. The van der Waals surface area contributed by atoms with E-state index in [0.29, 0.717) is 40.9 Å². The summed E-state index contributed by atoms with van der Waals surface area (Å²) in [4.78, 5) is 27.9. The number of fused-ring (bicyclic) bond motifs is 1. The normalized spacial score (nSPS) is 15.5. The van der Waals surface area contributed by atoms with Crippen molar-refractivity contribution < 1.29 is 31.9 Å². The Morgan fingerprint density at radius 1 is 1.20 bits per heavy atom. The molecule has 13 heteroatoms. The van der Waals surface area contributed by atoms with E-state index in [0.717, 1.165) is 12.1 Å². The third-order valence-electron chi connectivity index (χ3n) is 7.05. The van der Waals surface area contributed by atoms with E-state index in [1.54, 1.807) is 32.2 Å². The summed E-state index contributed by atoms with van der Waals surface area (Å²) in [7, 11) is 6.75. The van der Waals surface area contributed by atoms with Crippen LogP contribution in [0.5, 0.6) is 0 Å². The molecule has 41 heavy (non-hydrogen) atoms. The summed E-state index contributed by atoms with van der Waals surface area (Å²) in [6.07, 6.45) is -4.62. The number of likely N-dealkylation sites (N-methyl/N-ethyl adjacent to an activating group) is 1. The van der Waals surface area contributed by atoms with Crippen molar-refractivity contribution in [2.45, 2.75) is 25.7 Å². The number of aromatic nitrogens is 3. The zero-order valence-electron chi connectivity index (χ0n) is 23.2. The van der Waals surface area contributed by atoms with Crippen molar-refractivity contribution in [2.75, 3.05) is 46.4 Å². The number of quaternary nitrogens is 1. The molecule has 4 rings (SSSR count). The third-order valence-corrected chi connectivity index (χ3v) is 7.05. The molecule has 1 aromatic heterocycles. The molecule has 0 amide bonds. The van der Waals surface area contributed by atoms with Gasteiger partial charge < -0.3 is 14.0 Å². The van der Waals surface area contributed by atoms with Crippen LogP contribution in [0.25, 0.3) is 0 Å². The molecule has 1 atom stereocenters. The Kier molecular flexibility index (Phi) is 8.10.